The number of hydrogen-bond acceptors (Lipinski definition) is 4. The molecule has 1 aliphatic carbocycles. The quantitative estimate of drug-likeness (QED) is 0.736. The Balaban J connectivity index is 1.73. The van der Waals surface area contributed by atoms with Crippen LogP contribution in [0.2, 0.25) is 0 Å². The zero-order valence-electron chi connectivity index (χ0n) is 9.29. The fourth-order valence-corrected chi connectivity index (χ4v) is 2.22. The number of ether oxygens (including phenoxy) is 1. The molecule has 2 rings (SSSR count). The Morgan fingerprint density at radius 2 is 2.38 bits per heavy atom. The zero-order chi connectivity index (χ0) is 11.4. The molecular weight excluding hydrogens is 224 g/mol. The van der Waals surface area contributed by atoms with Crippen molar-refractivity contribution in [3.8, 4) is 5.75 Å². The van der Waals surface area contributed by atoms with Gasteiger partial charge in [0.2, 0.25) is 0 Å². The normalized spacial score (nSPS) is 14.8. The number of carbonyl (C=O) groups is 1. The maximum absolute atomic E-state index is 11.7. The minimum Gasteiger partial charge on any atom is -0.495 e. The second-order valence-electron chi connectivity index (χ2n) is 3.80. The zero-order valence-corrected chi connectivity index (χ0v) is 10.1. The summed E-state index contributed by atoms with van der Waals surface area (Å²) in [6, 6.07) is 2.50. The SMILES string of the molecule is COc1ccsc1C(=O)NCCNC1CC1. The highest BCUT2D eigenvalue weighted by atomic mass is 32.1. The fourth-order valence-electron chi connectivity index (χ4n) is 1.44. The van der Waals surface area contributed by atoms with Gasteiger partial charge < -0.3 is 15.4 Å². The van der Waals surface area contributed by atoms with Gasteiger partial charge in [0.05, 0.1) is 7.11 Å². The molecule has 1 aromatic rings. The van der Waals surface area contributed by atoms with E-state index in [1.54, 1.807) is 7.11 Å². The summed E-state index contributed by atoms with van der Waals surface area (Å²) in [5.74, 6) is 0.599. The smallest absolute Gasteiger partial charge is 0.265 e. The van der Waals surface area contributed by atoms with E-state index in [4.69, 9.17) is 4.74 Å². The van der Waals surface area contributed by atoms with Crippen molar-refractivity contribution < 1.29 is 9.53 Å². The lowest BCUT2D eigenvalue weighted by Crippen LogP contribution is -2.32. The molecule has 1 aliphatic rings. The largest absolute Gasteiger partial charge is 0.495 e. The molecule has 1 amide bonds. The van der Waals surface area contributed by atoms with Crippen molar-refractivity contribution in [2.24, 2.45) is 0 Å². The van der Waals surface area contributed by atoms with Gasteiger partial charge in [-0.1, -0.05) is 0 Å². The molecule has 0 unspecified atom stereocenters. The first-order valence-corrected chi connectivity index (χ1v) is 6.32. The predicted molar refractivity (Wildman–Crippen MR) is 64.2 cm³/mol. The summed E-state index contributed by atoms with van der Waals surface area (Å²) in [4.78, 5) is 12.4. The van der Waals surface area contributed by atoms with E-state index in [0.717, 1.165) is 6.54 Å². The van der Waals surface area contributed by atoms with Gasteiger partial charge in [0, 0.05) is 19.1 Å². The lowest BCUT2D eigenvalue weighted by Gasteiger charge is -2.06. The van der Waals surface area contributed by atoms with E-state index in [2.05, 4.69) is 10.6 Å². The summed E-state index contributed by atoms with van der Waals surface area (Å²) in [5, 5.41) is 8.07. The van der Waals surface area contributed by atoms with Crippen LogP contribution in [0.15, 0.2) is 11.4 Å². The van der Waals surface area contributed by atoms with Crippen molar-refractivity contribution in [2.45, 2.75) is 18.9 Å². The molecule has 5 heteroatoms. The summed E-state index contributed by atoms with van der Waals surface area (Å²) in [6.07, 6.45) is 2.54. The van der Waals surface area contributed by atoms with Crippen LogP contribution in [0.1, 0.15) is 22.5 Å². The minimum absolute atomic E-state index is 0.0514. The summed E-state index contributed by atoms with van der Waals surface area (Å²) in [7, 11) is 1.58. The van der Waals surface area contributed by atoms with Gasteiger partial charge in [0.25, 0.3) is 5.91 Å². The van der Waals surface area contributed by atoms with E-state index in [-0.39, 0.29) is 5.91 Å². The molecule has 0 atom stereocenters. The first-order chi connectivity index (χ1) is 7.81. The van der Waals surface area contributed by atoms with Crippen molar-refractivity contribution in [3.05, 3.63) is 16.3 Å². The van der Waals surface area contributed by atoms with Crippen LogP contribution in [-0.4, -0.2) is 32.1 Å². The van der Waals surface area contributed by atoms with E-state index in [0.29, 0.717) is 23.2 Å². The van der Waals surface area contributed by atoms with Crippen LogP contribution in [0.5, 0.6) is 5.75 Å². The molecule has 16 heavy (non-hydrogen) atoms. The maximum atomic E-state index is 11.7. The number of thiophene rings is 1. The summed E-state index contributed by atoms with van der Waals surface area (Å²) < 4.78 is 5.09. The Morgan fingerprint density at radius 1 is 1.56 bits per heavy atom. The van der Waals surface area contributed by atoms with Crippen molar-refractivity contribution >= 4 is 17.2 Å². The van der Waals surface area contributed by atoms with Crippen LogP contribution in [-0.2, 0) is 0 Å². The molecule has 0 aliphatic heterocycles. The van der Waals surface area contributed by atoms with Gasteiger partial charge in [-0.25, -0.2) is 0 Å². The fraction of sp³-hybridized carbons (Fsp3) is 0.545. The van der Waals surface area contributed by atoms with Crippen molar-refractivity contribution in [3.63, 3.8) is 0 Å². The third-order valence-electron chi connectivity index (χ3n) is 2.48. The second-order valence-corrected chi connectivity index (χ2v) is 4.72. The van der Waals surface area contributed by atoms with Gasteiger partial charge in [-0.15, -0.1) is 11.3 Å². The minimum atomic E-state index is -0.0514. The van der Waals surface area contributed by atoms with Crippen LogP contribution in [0, 0.1) is 0 Å². The Bertz CT molecular complexity index is 361. The number of rotatable bonds is 6. The van der Waals surface area contributed by atoms with Crippen LogP contribution in [0.4, 0.5) is 0 Å². The van der Waals surface area contributed by atoms with E-state index in [1.807, 2.05) is 11.4 Å². The molecule has 0 aromatic carbocycles. The molecular formula is C11H16N2O2S. The lowest BCUT2D eigenvalue weighted by molar-refractivity contribution is 0.0955. The highest BCUT2D eigenvalue weighted by molar-refractivity contribution is 7.12. The third-order valence-corrected chi connectivity index (χ3v) is 3.37. The topological polar surface area (TPSA) is 50.4 Å². The number of amides is 1. The predicted octanol–water partition coefficient (Wildman–Crippen LogP) is 1.24. The Hall–Kier alpha value is -1.07. The number of methoxy groups -OCH3 is 1. The van der Waals surface area contributed by atoms with Gasteiger partial charge in [-0.05, 0) is 24.3 Å². The van der Waals surface area contributed by atoms with Gasteiger partial charge >= 0.3 is 0 Å². The van der Waals surface area contributed by atoms with E-state index >= 15 is 0 Å². The summed E-state index contributed by atoms with van der Waals surface area (Å²) >= 11 is 1.40. The molecule has 0 saturated heterocycles. The molecule has 0 bridgehead atoms. The van der Waals surface area contributed by atoms with E-state index < -0.39 is 0 Å². The van der Waals surface area contributed by atoms with Crippen molar-refractivity contribution in [2.75, 3.05) is 20.2 Å². The lowest BCUT2D eigenvalue weighted by atomic mass is 10.4. The molecule has 1 heterocycles. The number of nitrogens with one attached hydrogen (secondary N) is 2. The second kappa shape index (κ2) is 5.32. The molecule has 2 N–H and O–H groups in total. The van der Waals surface area contributed by atoms with Gasteiger partial charge in [-0.2, -0.15) is 0 Å². The van der Waals surface area contributed by atoms with E-state index in [9.17, 15) is 4.79 Å². The number of hydrogen-bond donors (Lipinski definition) is 2. The highest BCUT2D eigenvalue weighted by Crippen LogP contribution is 2.23. The Morgan fingerprint density at radius 3 is 3.06 bits per heavy atom. The maximum Gasteiger partial charge on any atom is 0.265 e. The Kier molecular flexibility index (Phi) is 3.79. The van der Waals surface area contributed by atoms with Crippen molar-refractivity contribution in [1.82, 2.24) is 10.6 Å². The van der Waals surface area contributed by atoms with Gasteiger partial charge in [0.1, 0.15) is 10.6 Å². The molecule has 4 nitrogen and oxygen atoms in total. The molecule has 88 valence electrons. The average molecular weight is 240 g/mol. The molecule has 1 aromatic heterocycles. The standard InChI is InChI=1S/C11H16N2O2S/c1-15-9-4-7-16-10(9)11(14)13-6-5-12-8-2-3-8/h4,7-8,12H,2-3,5-6H2,1H3,(H,13,14). The van der Waals surface area contributed by atoms with Gasteiger partial charge in [-0.3, -0.25) is 4.79 Å². The molecule has 0 radical (unpaired) electrons. The highest BCUT2D eigenvalue weighted by Gasteiger charge is 2.20. The Labute approximate surface area is 99.0 Å². The first kappa shape index (κ1) is 11.4. The first-order valence-electron chi connectivity index (χ1n) is 5.44. The number of carbonyl (C=O) groups excluding carboxylic acids is 1. The molecule has 0 spiro atoms. The third kappa shape index (κ3) is 2.96. The van der Waals surface area contributed by atoms with E-state index in [1.165, 1.54) is 24.2 Å². The summed E-state index contributed by atoms with van der Waals surface area (Å²) in [5.41, 5.74) is 0. The average Bonchev–Trinajstić information content (AvgIpc) is 2.99. The van der Waals surface area contributed by atoms with Crippen LogP contribution in [0.3, 0.4) is 0 Å². The molecule has 1 fully saturated rings. The van der Waals surface area contributed by atoms with Crippen molar-refractivity contribution in [1.29, 1.82) is 0 Å². The summed E-state index contributed by atoms with van der Waals surface area (Å²) in [6.45, 7) is 1.50. The monoisotopic (exact) mass is 240 g/mol. The van der Waals surface area contributed by atoms with Crippen LogP contribution < -0.4 is 15.4 Å². The van der Waals surface area contributed by atoms with Crippen LogP contribution >= 0.6 is 11.3 Å². The molecule has 1 saturated carbocycles. The van der Waals surface area contributed by atoms with Gasteiger partial charge in [0.15, 0.2) is 0 Å². The van der Waals surface area contributed by atoms with Crippen LogP contribution in [0.25, 0.3) is 0 Å².